The van der Waals surface area contributed by atoms with Crippen LogP contribution >= 0.6 is 0 Å². The van der Waals surface area contributed by atoms with Gasteiger partial charge in [0.2, 0.25) is 5.91 Å². The number of amides is 1. The Balaban J connectivity index is 1.89. The second-order valence-corrected chi connectivity index (χ2v) is 5.52. The Morgan fingerprint density at radius 3 is 2.42 bits per heavy atom. The van der Waals surface area contributed by atoms with Crippen molar-refractivity contribution in [2.75, 3.05) is 23.8 Å². The molecule has 0 aliphatic carbocycles. The van der Waals surface area contributed by atoms with Crippen LogP contribution in [0, 0.1) is 13.8 Å². The van der Waals surface area contributed by atoms with Crippen molar-refractivity contribution in [2.24, 2.45) is 0 Å². The molecule has 0 aromatic heterocycles. The lowest BCUT2D eigenvalue weighted by Crippen LogP contribution is -2.22. The van der Waals surface area contributed by atoms with Gasteiger partial charge in [0.1, 0.15) is 0 Å². The minimum absolute atomic E-state index is 0.127. The average Bonchev–Trinajstić information content (AvgIpc) is 2.57. The van der Waals surface area contributed by atoms with Crippen molar-refractivity contribution in [3.8, 4) is 0 Å². The van der Waals surface area contributed by atoms with Gasteiger partial charge in [-0.25, -0.2) is 4.79 Å². The highest BCUT2D eigenvalue weighted by atomic mass is 16.5. The number of benzene rings is 2. The van der Waals surface area contributed by atoms with Gasteiger partial charge < -0.3 is 15.4 Å². The molecule has 5 nitrogen and oxygen atoms in total. The lowest BCUT2D eigenvalue weighted by atomic mass is 10.1. The van der Waals surface area contributed by atoms with Crippen molar-refractivity contribution < 1.29 is 14.3 Å². The molecule has 0 unspecified atom stereocenters. The Morgan fingerprint density at radius 2 is 1.75 bits per heavy atom. The second kappa shape index (κ2) is 8.15. The third kappa shape index (κ3) is 4.84. The molecule has 0 bridgehead atoms. The summed E-state index contributed by atoms with van der Waals surface area (Å²) >= 11 is 0. The summed E-state index contributed by atoms with van der Waals surface area (Å²) in [5, 5.41) is 5.92. The zero-order valence-electron chi connectivity index (χ0n) is 14.2. The fraction of sp³-hybridized carbons (Fsp3) is 0.263. The van der Waals surface area contributed by atoms with Crippen molar-refractivity contribution in [3.63, 3.8) is 0 Å². The monoisotopic (exact) mass is 326 g/mol. The fourth-order valence-electron chi connectivity index (χ4n) is 2.19. The Labute approximate surface area is 142 Å². The van der Waals surface area contributed by atoms with Crippen molar-refractivity contribution in [2.45, 2.75) is 20.8 Å². The predicted molar refractivity (Wildman–Crippen MR) is 95.4 cm³/mol. The van der Waals surface area contributed by atoms with E-state index < -0.39 is 0 Å². The van der Waals surface area contributed by atoms with Crippen molar-refractivity contribution in [1.82, 2.24) is 0 Å². The number of anilines is 2. The first kappa shape index (κ1) is 17.5. The highest BCUT2D eigenvalue weighted by Gasteiger charge is 2.07. The van der Waals surface area contributed by atoms with Crippen LogP contribution in [0.1, 0.15) is 28.4 Å². The second-order valence-electron chi connectivity index (χ2n) is 5.52. The minimum atomic E-state index is -0.350. The van der Waals surface area contributed by atoms with Crippen LogP contribution in [0.2, 0.25) is 0 Å². The van der Waals surface area contributed by atoms with Gasteiger partial charge in [-0.2, -0.15) is 0 Å². The van der Waals surface area contributed by atoms with Crippen LogP contribution in [0.3, 0.4) is 0 Å². The molecule has 24 heavy (non-hydrogen) atoms. The predicted octanol–water partition coefficient (Wildman–Crippen LogP) is 3.53. The van der Waals surface area contributed by atoms with Crippen LogP contribution in [0.4, 0.5) is 11.4 Å². The fourth-order valence-corrected chi connectivity index (χ4v) is 2.19. The summed E-state index contributed by atoms with van der Waals surface area (Å²) in [5.74, 6) is -0.477. The third-order valence-electron chi connectivity index (χ3n) is 3.52. The molecule has 126 valence electrons. The largest absolute Gasteiger partial charge is 0.462 e. The number of ether oxygens (including phenoxy) is 1. The van der Waals surface area contributed by atoms with Crippen LogP contribution in [0.5, 0.6) is 0 Å². The number of nitrogens with one attached hydrogen (secondary N) is 2. The molecule has 0 atom stereocenters. The minimum Gasteiger partial charge on any atom is -0.462 e. The number of carbonyl (C=O) groups is 2. The summed E-state index contributed by atoms with van der Waals surface area (Å²) in [4.78, 5) is 23.6. The first-order valence-corrected chi connectivity index (χ1v) is 7.87. The molecule has 2 N–H and O–H groups in total. The first-order valence-electron chi connectivity index (χ1n) is 7.87. The maximum Gasteiger partial charge on any atom is 0.338 e. The van der Waals surface area contributed by atoms with E-state index in [-0.39, 0.29) is 18.4 Å². The number of carbonyl (C=O) groups excluding carboxylic acids is 2. The lowest BCUT2D eigenvalue weighted by molar-refractivity contribution is -0.114. The van der Waals surface area contributed by atoms with Crippen molar-refractivity contribution >= 4 is 23.3 Å². The van der Waals surface area contributed by atoms with E-state index in [1.807, 2.05) is 32.0 Å². The highest BCUT2D eigenvalue weighted by Crippen LogP contribution is 2.16. The number of aryl methyl sites for hydroxylation is 2. The van der Waals surface area contributed by atoms with Gasteiger partial charge in [-0.1, -0.05) is 12.1 Å². The van der Waals surface area contributed by atoms with Crippen LogP contribution in [-0.4, -0.2) is 25.0 Å². The van der Waals surface area contributed by atoms with Crippen LogP contribution in [-0.2, 0) is 9.53 Å². The summed E-state index contributed by atoms with van der Waals surface area (Å²) in [6.07, 6.45) is 0. The molecule has 0 radical (unpaired) electrons. The Kier molecular flexibility index (Phi) is 5.95. The highest BCUT2D eigenvalue weighted by molar-refractivity contribution is 5.94. The van der Waals surface area contributed by atoms with E-state index in [1.165, 1.54) is 0 Å². The normalized spacial score (nSPS) is 10.1. The Hall–Kier alpha value is -2.82. The molecule has 2 aromatic carbocycles. The molecule has 2 aromatic rings. The van der Waals surface area contributed by atoms with E-state index in [4.69, 9.17) is 4.74 Å². The van der Waals surface area contributed by atoms with Gasteiger partial charge in [0.05, 0.1) is 18.7 Å². The molecule has 0 spiro atoms. The van der Waals surface area contributed by atoms with Gasteiger partial charge in [0.15, 0.2) is 0 Å². The lowest BCUT2D eigenvalue weighted by Gasteiger charge is -2.11. The van der Waals surface area contributed by atoms with Crippen molar-refractivity contribution in [3.05, 3.63) is 59.2 Å². The van der Waals surface area contributed by atoms with E-state index in [2.05, 4.69) is 10.6 Å². The topological polar surface area (TPSA) is 67.4 Å². The summed E-state index contributed by atoms with van der Waals surface area (Å²) in [6.45, 7) is 6.20. The molecule has 1 amide bonds. The van der Waals surface area contributed by atoms with Gasteiger partial charge in [-0.3, -0.25) is 4.79 Å². The third-order valence-corrected chi connectivity index (χ3v) is 3.52. The molecule has 0 heterocycles. The Morgan fingerprint density at radius 1 is 1.04 bits per heavy atom. The Bertz CT molecular complexity index is 724. The molecule has 5 heteroatoms. The maximum absolute atomic E-state index is 12.1. The standard InChI is InChI=1S/C19H22N2O3/c1-4-24-19(23)15-7-9-16(10-8-15)20-12-18(22)21-17-11-13(2)5-6-14(17)3/h5-11,20H,4,12H2,1-3H3,(H,21,22). The maximum atomic E-state index is 12.1. The number of hydrogen-bond donors (Lipinski definition) is 2. The number of rotatable bonds is 6. The average molecular weight is 326 g/mol. The molecule has 0 fully saturated rings. The van der Waals surface area contributed by atoms with Gasteiger partial charge in [-0.15, -0.1) is 0 Å². The smallest absolute Gasteiger partial charge is 0.338 e. The molecular weight excluding hydrogens is 304 g/mol. The quantitative estimate of drug-likeness (QED) is 0.797. The molecule has 0 aliphatic rings. The van der Waals surface area contributed by atoms with Gasteiger partial charge in [0.25, 0.3) is 0 Å². The van der Waals surface area contributed by atoms with E-state index in [0.29, 0.717) is 12.2 Å². The zero-order valence-corrected chi connectivity index (χ0v) is 14.2. The molecular formula is C19H22N2O3. The summed E-state index contributed by atoms with van der Waals surface area (Å²) in [6, 6.07) is 12.8. The van der Waals surface area contributed by atoms with Crippen LogP contribution in [0.15, 0.2) is 42.5 Å². The molecule has 2 rings (SSSR count). The van der Waals surface area contributed by atoms with Crippen LogP contribution < -0.4 is 10.6 Å². The molecule has 0 saturated carbocycles. The van der Waals surface area contributed by atoms with E-state index in [0.717, 1.165) is 22.5 Å². The summed E-state index contributed by atoms with van der Waals surface area (Å²) in [7, 11) is 0. The van der Waals surface area contributed by atoms with E-state index >= 15 is 0 Å². The zero-order chi connectivity index (χ0) is 17.5. The van der Waals surface area contributed by atoms with Crippen molar-refractivity contribution in [1.29, 1.82) is 0 Å². The van der Waals surface area contributed by atoms with E-state index in [1.54, 1.807) is 31.2 Å². The van der Waals surface area contributed by atoms with Gasteiger partial charge >= 0.3 is 5.97 Å². The first-order chi connectivity index (χ1) is 11.5. The van der Waals surface area contributed by atoms with Gasteiger partial charge in [-0.05, 0) is 62.2 Å². The van der Waals surface area contributed by atoms with Crippen LogP contribution in [0.25, 0.3) is 0 Å². The number of hydrogen-bond acceptors (Lipinski definition) is 4. The summed E-state index contributed by atoms with van der Waals surface area (Å²) in [5.41, 5.74) is 4.19. The summed E-state index contributed by atoms with van der Waals surface area (Å²) < 4.78 is 4.93. The molecule has 0 aliphatic heterocycles. The van der Waals surface area contributed by atoms with Gasteiger partial charge in [0, 0.05) is 11.4 Å². The molecule has 0 saturated heterocycles. The van der Waals surface area contributed by atoms with E-state index in [9.17, 15) is 9.59 Å². The SMILES string of the molecule is CCOC(=O)c1ccc(NCC(=O)Nc2cc(C)ccc2C)cc1. The number of esters is 1.